The molecule has 0 aromatic heterocycles. The van der Waals surface area contributed by atoms with Crippen LogP contribution in [0.1, 0.15) is 30.1 Å². The van der Waals surface area contributed by atoms with E-state index in [1.165, 1.54) is 0 Å². The van der Waals surface area contributed by atoms with E-state index in [4.69, 9.17) is 0 Å². The molecule has 3 unspecified atom stereocenters. The van der Waals surface area contributed by atoms with Gasteiger partial charge in [-0.05, 0) is 24.0 Å². The number of benzene rings is 2. The van der Waals surface area contributed by atoms with Gasteiger partial charge in [0.25, 0.3) is 0 Å². The van der Waals surface area contributed by atoms with Gasteiger partial charge in [0.1, 0.15) is 0 Å². The van der Waals surface area contributed by atoms with Crippen molar-refractivity contribution in [2.75, 3.05) is 0 Å². The van der Waals surface area contributed by atoms with Crippen LogP contribution in [0.2, 0.25) is 0 Å². The van der Waals surface area contributed by atoms with Crippen LogP contribution in [0.5, 0.6) is 0 Å². The molecule has 0 radical (unpaired) electrons. The highest BCUT2D eigenvalue weighted by atomic mass is 16.3. The fraction of sp³-hybridized carbons (Fsp3) is 0.333. The van der Waals surface area contributed by atoms with Crippen molar-refractivity contribution < 1.29 is 15.3 Å². The maximum absolute atomic E-state index is 10.1. The van der Waals surface area contributed by atoms with Crippen LogP contribution < -0.4 is 0 Å². The maximum atomic E-state index is 10.1. The topological polar surface area (TPSA) is 60.7 Å². The molecule has 0 aliphatic rings. The second-order valence-corrected chi connectivity index (χ2v) is 5.32. The van der Waals surface area contributed by atoms with Crippen LogP contribution in [0.25, 0.3) is 0 Å². The van der Waals surface area contributed by atoms with Crippen LogP contribution in [0, 0.1) is 0 Å². The van der Waals surface area contributed by atoms with Gasteiger partial charge in [0.15, 0.2) is 0 Å². The molecule has 2 aromatic carbocycles. The Balaban J connectivity index is 1.81. The van der Waals surface area contributed by atoms with Gasteiger partial charge in [0, 0.05) is 6.42 Å². The standard InChI is InChI=1S/C18H22O3/c19-16(12-11-14-7-3-1-4-8-14)18(21)13-17(20)15-9-5-2-6-10-15/h1-10,16-21H,11-13H2. The first kappa shape index (κ1) is 15.7. The van der Waals surface area contributed by atoms with E-state index in [1.54, 1.807) is 0 Å². The molecule has 0 bridgehead atoms. The molecular weight excluding hydrogens is 264 g/mol. The lowest BCUT2D eigenvalue weighted by Crippen LogP contribution is -2.28. The lowest BCUT2D eigenvalue weighted by molar-refractivity contribution is -0.0158. The molecule has 0 heterocycles. The molecule has 21 heavy (non-hydrogen) atoms. The summed E-state index contributed by atoms with van der Waals surface area (Å²) in [4.78, 5) is 0. The van der Waals surface area contributed by atoms with Crippen LogP contribution >= 0.6 is 0 Å². The summed E-state index contributed by atoms with van der Waals surface area (Å²) in [5.41, 5.74) is 1.89. The van der Waals surface area contributed by atoms with Gasteiger partial charge in [0.2, 0.25) is 0 Å². The summed E-state index contributed by atoms with van der Waals surface area (Å²) in [7, 11) is 0. The third kappa shape index (κ3) is 4.97. The lowest BCUT2D eigenvalue weighted by atomic mass is 9.97. The Hall–Kier alpha value is -1.68. The Kier molecular flexibility index (Phi) is 5.93. The Morgan fingerprint density at radius 1 is 0.714 bits per heavy atom. The molecule has 0 amide bonds. The molecule has 0 fully saturated rings. The molecule has 3 heteroatoms. The molecule has 0 spiro atoms. The molecule has 0 aliphatic heterocycles. The summed E-state index contributed by atoms with van der Waals surface area (Å²) in [5, 5.41) is 30.1. The van der Waals surface area contributed by atoms with Crippen LogP contribution in [-0.4, -0.2) is 27.5 Å². The summed E-state index contributed by atoms with van der Waals surface area (Å²) in [6, 6.07) is 19.0. The third-order valence-electron chi connectivity index (χ3n) is 3.66. The average molecular weight is 286 g/mol. The molecular formula is C18H22O3. The molecule has 2 aromatic rings. The summed E-state index contributed by atoms with van der Waals surface area (Å²) < 4.78 is 0. The smallest absolute Gasteiger partial charge is 0.0827 e. The summed E-state index contributed by atoms with van der Waals surface area (Å²) >= 11 is 0. The largest absolute Gasteiger partial charge is 0.390 e. The zero-order chi connectivity index (χ0) is 15.1. The van der Waals surface area contributed by atoms with E-state index in [1.807, 2.05) is 60.7 Å². The SMILES string of the molecule is OC(CC(O)C(O)CCc1ccccc1)c1ccccc1. The van der Waals surface area contributed by atoms with Gasteiger partial charge in [-0.2, -0.15) is 0 Å². The number of aryl methyl sites for hydroxylation is 1. The van der Waals surface area contributed by atoms with Crippen molar-refractivity contribution in [2.45, 2.75) is 37.6 Å². The minimum Gasteiger partial charge on any atom is -0.390 e. The summed E-state index contributed by atoms with van der Waals surface area (Å²) in [6.07, 6.45) is -1.19. The molecule has 112 valence electrons. The predicted octanol–water partition coefficient (Wildman–Crippen LogP) is 2.46. The number of hydrogen-bond acceptors (Lipinski definition) is 3. The normalized spacial score (nSPS) is 15.4. The second-order valence-electron chi connectivity index (χ2n) is 5.32. The summed E-state index contributed by atoms with van der Waals surface area (Å²) in [5.74, 6) is 0. The van der Waals surface area contributed by atoms with Crippen LogP contribution in [-0.2, 0) is 6.42 Å². The fourth-order valence-electron chi connectivity index (χ4n) is 2.35. The van der Waals surface area contributed by atoms with Crippen LogP contribution in [0.15, 0.2) is 60.7 Å². The van der Waals surface area contributed by atoms with Crippen molar-refractivity contribution >= 4 is 0 Å². The molecule has 3 nitrogen and oxygen atoms in total. The van der Waals surface area contributed by atoms with Gasteiger partial charge in [-0.25, -0.2) is 0 Å². The van der Waals surface area contributed by atoms with Crippen molar-refractivity contribution in [1.82, 2.24) is 0 Å². The van der Waals surface area contributed by atoms with Gasteiger partial charge in [-0.3, -0.25) is 0 Å². The average Bonchev–Trinajstić information content (AvgIpc) is 2.54. The minimum absolute atomic E-state index is 0.139. The van der Waals surface area contributed by atoms with E-state index in [0.29, 0.717) is 12.8 Å². The van der Waals surface area contributed by atoms with Gasteiger partial charge < -0.3 is 15.3 Å². The van der Waals surface area contributed by atoms with Gasteiger partial charge >= 0.3 is 0 Å². The molecule has 0 saturated carbocycles. The Labute approximate surface area is 125 Å². The highest BCUT2D eigenvalue weighted by Crippen LogP contribution is 2.20. The molecule has 3 atom stereocenters. The van der Waals surface area contributed by atoms with E-state index in [-0.39, 0.29) is 6.42 Å². The van der Waals surface area contributed by atoms with Gasteiger partial charge in [0.05, 0.1) is 18.3 Å². The highest BCUT2D eigenvalue weighted by molar-refractivity contribution is 5.17. The van der Waals surface area contributed by atoms with E-state index in [2.05, 4.69) is 0 Å². The second kappa shape index (κ2) is 7.93. The highest BCUT2D eigenvalue weighted by Gasteiger charge is 2.20. The van der Waals surface area contributed by atoms with Crippen LogP contribution in [0.3, 0.4) is 0 Å². The van der Waals surface area contributed by atoms with Crippen molar-refractivity contribution in [2.24, 2.45) is 0 Å². The summed E-state index contributed by atoms with van der Waals surface area (Å²) in [6.45, 7) is 0. The third-order valence-corrected chi connectivity index (χ3v) is 3.66. The van der Waals surface area contributed by atoms with E-state index in [0.717, 1.165) is 11.1 Å². The number of hydrogen-bond donors (Lipinski definition) is 3. The molecule has 0 saturated heterocycles. The number of rotatable bonds is 7. The maximum Gasteiger partial charge on any atom is 0.0827 e. The lowest BCUT2D eigenvalue weighted by Gasteiger charge is -2.21. The van der Waals surface area contributed by atoms with Crippen molar-refractivity contribution in [3.05, 3.63) is 71.8 Å². The van der Waals surface area contributed by atoms with E-state index >= 15 is 0 Å². The zero-order valence-corrected chi connectivity index (χ0v) is 12.0. The first-order valence-corrected chi connectivity index (χ1v) is 7.30. The van der Waals surface area contributed by atoms with E-state index in [9.17, 15) is 15.3 Å². The van der Waals surface area contributed by atoms with Crippen molar-refractivity contribution in [3.8, 4) is 0 Å². The number of aliphatic hydroxyl groups excluding tert-OH is 3. The predicted molar refractivity (Wildman–Crippen MR) is 82.8 cm³/mol. The van der Waals surface area contributed by atoms with Gasteiger partial charge in [-0.15, -0.1) is 0 Å². The quantitative estimate of drug-likeness (QED) is 0.733. The fourth-order valence-corrected chi connectivity index (χ4v) is 2.35. The van der Waals surface area contributed by atoms with Crippen molar-refractivity contribution in [3.63, 3.8) is 0 Å². The Morgan fingerprint density at radius 3 is 1.90 bits per heavy atom. The van der Waals surface area contributed by atoms with Gasteiger partial charge in [-0.1, -0.05) is 60.7 Å². The monoisotopic (exact) mass is 286 g/mol. The zero-order valence-electron chi connectivity index (χ0n) is 12.0. The first-order valence-electron chi connectivity index (χ1n) is 7.30. The number of aliphatic hydroxyl groups is 3. The molecule has 2 rings (SSSR count). The molecule has 3 N–H and O–H groups in total. The molecule has 0 aliphatic carbocycles. The Bertz CT molecular complexity index is 513. The first-order chi connectivity index (χ1) is 10.2. The minimum atomic E-state index is -0.927. The van der Waals surface area contributed by atoms with Crippen LogP contribution in [0.4, 0.5) is 0 Å². The van der Waals surface area contributed by atoms with Crippen molar-refractivity contribution in [1.29, 1.82) is 0 Å². The van der Waals surface area contributed by atoms with E-state index < -0.39 is 18.3 Å². The Morgan fingerprint density at radius 2 is 1.29 bits per heavy atom.